The molecule has 1 atom stereocenters. The summed E-state index contributed by atoms with van der Waals surface area (Å²) < 4.78 is 58.7. The van der Waals surface area contributed by atoms with Gasteiger partial charge in [0.05, 0.1) is 5.75 Å². The predicted molar refractivity (Wildman–Crippen MR) is 68.3 cm³/mol. The van der Waals surface area contributed by atoms with Gasteiger partial charge in [-0.3, -0.25) is 14.0 Å². The normalized spacial score (nSPS) is 14.4. The van der Waals surface area contributed by atoms with Crippen LogP contribution in [0.15, 0.2) is 0 Å². The molecule has 99 valence electrons. The van der Waals surface area contributed by atoms with Crippen LogP contribution in [-0.2, 0) is 20.2 Å². The monoisotopic (exact) mass is 316 g/mol. The Morgan fingerprint density at radius 2 is 1.65 bits per heavy atom. The smallest absolute Gasteiger partial charge is 0.286 e. The van der Waals surface area contributed by atoms with Crippen molar-refractivity contribution in [3.8, 4) is 0 Å². The maximum absolute atomic E-state index is 10.9. The van der Waals surface area contributed by atoms with Crippen LogP contribution in [0.25, 0.3) is 0 Å². The summed E-state index contributed by atoms with van der Waals surface area (Å²) in [6.45, 7) is 0. The average Bonchev–Trinajstić information content (AvgIpc) is 1.97. The largest absolute Gasteiger partial charge is 0.291 e. The molecule has 7 nitrogen and oxygen atoms in total. The first-order chi connectivity index (χ1) is 7.04. The van der Waals surface area contributed by atoms with Crippen LogP contribution in [-0.4, -0.2) is 90.7 Å². The Hall–Kier alpha value is 1.13. The van der Waals surface area contributed by atoms with Crippen molar-refractivity contribution >= 4 is 61.6 Å². The standard InChI is InChI=1S/C6H15NO6S3.Na/c1-7(2)6(16(11,12)13)14-4-3-5-15(8,9)10;/h6H,3-5H2,1-2H3,(H,8,9,10)(H,11,12,13);. The zero-order valence-corrected chi connectivity index (χ0v) is 14.3. The molecule has 0 spiro atoms. The number of rotatable bonds is 7. The van der Waals surface area contributed by atoms with Crippen molar-refractivity contribution in [1.82, 2.24) is 4.90 Å². The molecule has 0 fully saturated rings. The molecule has 0 aliphatic heterocycles. The molecule has 0 aromatic rings. The second-order valence-electron chi connectivity index (χ2n) is 3.30. The minimum absolute atomic E-state index is 0. The summed E-state index contributed by atoms with van der Waals surface area (Å²) >= 11 is 0.890. The molecule has 0 aliphatic carbocycles. The van der Waals surface area contributed by atoms with Crippen LogP contribution in [0.5, 0.6) is 0 Å². The van der Waals surface area contributed by atoms with Crippen LogP contribution in [0.4, 0.5) is 0 Å². The molecular formula is C6H15NNaO6S3. The second kappa shape index (κ2) is 8.33. The van der Waals surface area contributed by atoms with Crippen LogP contribution >= 0.6 is 11.8 Å². The molecule has 0 saturated heterocycles. The Balaban J connectivity index is 0. The van der Waals surface area contributed by atoms with Crippen molar-refractivity contribution in [1.29, 1.82) is 0 Å². The van der Waals surface area contributed by atoms with E-state index >= 15 is 0 Å². The van der Waals surface area contributed by atoms with Crippen LogP contribution < -0.4 is 0 Å². The van der Waals surface area contributed by atoms with Gasteiger partial charge < -0.3 is 0 Å². The third-order valence-electron chi connectivity index (χ3n) is 1.48. The van der Waals surface area contributed by atoms with E-state index in [9.17, 15) is 16.8 Å². The van der Waals surface area contributed by atoms with Crippen molar-refractivity contribution in [2.45, 2.75) is 11.1 Å². The van der Waals surface area contributed by atoms with Gasteiger partial charge in [-0.15, -0.1) is 11.8 Å². The summed E-state index contributed by atoms with van der Waals surface area (Å²) in [6, 6.07) is 0. The van der Waals surface area contributed by atoms with Gasteiger partial charge in [0.1, 0.15) is 0 Å². The van der Waals surface area contributed by atoms with E-state index < -0.39 is 30.7 Å². The van der Waals surface area contributed by atoms with Crippen molar-refractivity contribution in [3.05, 3.63) is 0 Å². The van der Waals surface area contributed by atoms with Crippen LogP contribution in [0.2, 0.25) is 0 Å². The van der Waals surface area contributed by atoms with E-state index in [0.29, 0.717) is 0 Å². The molecule has 0 saturated carbocycles. The molecule has 0 bridgehead atoms. The van der Waals surface area contributed by atoms with E-state index in [1.54, 1.807) is 0 Å². The van der Waals surface area contributed by atoms with Gasteiger partial charge in [-0.1, -0.05) is 0 Å². The van der Waals surface area contributed by atoms with Gasteiger partial charge in [0.2, 0.25) is 0 Å². The number of thioether (sulfide) groups is 1. The number of nitrogens with zero attached hydrogens (tertiary/aromatic N) is 1. The summed E-state index contributed by atoms with van der Waals surface area (Å²) in [5.41, 5.74) is 0. The molecule has 0 rings (SSSR count). The molecule has 0 aliphatic rings. The Morgan fingerprint density at radius 3 is 1.94 bits per heavy atom. The molecule has 1 unspecified atom stereocenters. The molecule has 0 amide bonds. The van der Waals surface area contributed by atoms with E-state index in [1.807, 2.05) is 0 Å². The maximum atomic E-state index is 10.9. The van der Waals surface area contributed by atoms with Gasteiger partial charge in [0.15, 0.2) is 4.71 Å². The molecule has 2 N–H and O–H groups in total. The SMILES string of the molecule is CN(C)C(SCCCS(=O)(=O)O)S(=O)(=O)O.[Na]. The Kier molecular flexibility index (Phi) is 10.0. The fourth-order valence-electron chi connectivity index (χ4n) is 0.927. The first-order valence-corrected chi connectivity index (χ1v) is 8.39. The Bertz CT molecular complexity index is 405. The quantitative estimate of drug-likeness (QED) is 0.276. The third kappa shape index (κ3) is 10.7. The van der Waals surface area contributed by atoms with Crippen molar-refractivity contribution in [3.63, 3.8) is 0 Å². The van der Waals surface area contributed by atoms with Crippen molar-refractivity contribution in [2.75, 3.05) is 25.6 Å². The minimum atomic E-state index is -4.20. The van der Waals surface area contributed by atoms with Gasteiger partial charge >= 0.3 is 0 Å². The molecular weight excluding hydrogens is 301 g/mol. The van der Waals surface area contributed by atoms with Crippen molar-refractivity contribution < 1.29 is 25.9 Å². The zero-order valence-electron chi connectivity index (χ0n) is 9.90. The Labute approximate surface area is 128 Å². The number of hydrogen-bond donors (Lipinski definition) is 2. The first-order valence-electron chi connectivity index (χ1n) is 4.23. The molecule has 11 heteroatoms. The first kappa shape index (κ1) is 20.4. The van der Waals surface area contributed by atoms with Gasteiger partial charge in [0, 0.05) is 29.6 Å². The summed E-state index contributed by atoms with van der Waals surface area (Å²) in [6.07, 6.45) is 0.114. The minimum Gasteiger partial charge on any atom is -0.286 e. The fourth-order valence-corrected chi connectivity index (χ4v) is 3.94. The predicted octanol–water partition coefficient (Wildman–Crippen LogP) is -0.650. The van der Waals surface area contributed by atoms with E-state index in [1.165, 1.54) is 19.0 Å². The summed E-state index contributed by atoms with van der Waals surface area (Å²) in [5.74, 6) is -0.228. The molecule has 17 heavy (non-hydrogen) atoms. The zero-order chi connectivity index (χ0) is 13.0. The van der Waals surface area contributed by atoms with Gasteiger partial charge in [0.25, 0.3) is 20.2 Å². The van der Waals surface area contributed by atoms with Crippen LogP contribution in [0.1, 0.15) is 6.42 Å². The average molecular weight is 316 g/mol. The molecule has 0 aromatic heterocycles. The second-order valence-corrected chi connectivity index (χ2v) is 7.83. The third-order valence-corrected chi connectivity index (χ3v) is 5.59. The van der Waals surface area contributed by atoms with Gasteiger partial charge in [-0.05, 0) is 26.3 Å². The van der Waals surface area contributed by atoms with E-state index in [4.69, 9.17) is 9.11 Å². The Morgan fingerprint density at radius 1 is 1.18 bits per heavy atom. The summed E-state index contributed by atoms with van der Waals surface area (Å²) in [5, 5.41) is 0. The van der Waals surface area contributed by atoms with Crippen molar-refractivity contribution in [2.24, 2.45) is 0 Å². The van der Waals surface area contributed by atoms with Crippen LogP contribution in [0, 0.1) is 0 Å². The van der Waals surface area contributed by atoms with Gasteiger partial charge in [-0.2, -0.15) is 16.8 Å². The molecule has 1 radical (unpaired) electrons. The van der Waals surface area contributed by atoms with E-state index in [-0.39, 0.29) is 41.7 Å². The van der Waals surface area contributed by atoms with Crippen LogP contribution in [0.3, 0.4) is 0 Å². The van der Waals surface area contributed by atoms with Gasteiger partial charge in [-0.25, -0.2) is 0 Å². The molecule has 0 aromatic carbocycles. The van der Waals surface area contributed by atoms with E-state index in [2.05, 4.69) is 0 Å². The number of hydrogen-bond acceptors (Lipinski definition) is 6. The fraction of sp³-hybridized carbons (Fsp3) is 1.00. The maximum Gasteiger partial charge on any atom is 0.291 e. The topological polar surface area (TPSA) is 112 Å². The van der Waals surface area contributed by atoms with E-state index in [0.717, 1.165) is 11.8 Å². The summed E-state index contributed by atoms with van der Waals surface area (Å²) in [4.78, 5) is 1.30. The molecule has 0 heterocycles. The summed E-state index contributed by atoms with van der Waals surface area (Å²) in [7, 11) is -5.26.